The standard InChI is InChI=1S/C19H19N3O.C8H10.C4H8.2C4H10.C2H6/c1-4-14-10-18(19(23)22(5-2)13(14)3)16-8-6-15(7-9-16)17-11-20-21-12-17;1-7-3-5-8(2)6-4-7;1-4(2)3;2*1-3-4-2;1-2/h4,6-12H,3,5H2,1-2H3,(H,20,21);3-6H,1-2H3;1H2,2-3H3;2*3-4H2,1-2H3;1-2H3/b14-4-;;;;;. The van der Waals surface area contributed by atoms with Crippen LogP contribution in [0.3, 0.4) is 0 Å². The quantitative estimate of drug-likeness (QED) is 0.228. The summed E-state index contributed by atoms with van der Waals surface area (Å²) in [6.07, 6.45) is 10.9. The molecule has 0 saturated carbocycles. The van der Waals surface area contributed by atoms with Crippen LogP contribution in [-0.4, -0.2) is 14.8 Å². The number of aryl methyl sites for hydroxylation is 2. The van der Waals surface area contributed by atoms with Crippen molar-refractivity contribution in [2.45, 2.75) is 115 Å². The zero-order valence-corrected chi connectivity index (χ0v) is 30.7. The smallest absolute Gasteiger partial charge is 0.258 e. The normalized spacial score (nSPS) is 9.73. The van der Waals surface area contributed by atoms with Crippen molar-refractivity contribution < 1.29 is 0 Å². The third-order valence-electron chi connectivity index (χ3n) is 6.31. The van der Waals surface area contributed by atoms with Gasteiger partial charge in [0.15, 0.2) is 0 Å². The Balaban J connectivity index is 0. The average Bonchev–Trinajstić information content (AvgIpc) is 3.60. The van der Waals surface area contributed by atoms with E-state index in [1.165, 1.54) is 42.4 Å². The van der Waals surface area contributed by atoms with E-state index in [2.05, 4.69) is 89.2 Å². The second-order valence-corrected chi connectivity index (χ2v) is 10.7. The molecule has 0 saturated heterocycles. The molecule has 0 aliphatic rings. The Morgan fingerprint density at radius 1 is 0.800 bits per heavy atom. The van der Waals surface area contributed by atoms with Crippen LogP contribution >= 0.6 is 0 Å². The Morgan fingerprint density at radius 3 is 1.56 bits per heavy atom. The number of H-pyrrole nitrogens is 1. The van der Waals surface area contributed by atoms with Crippen LogP contribution in [0.1, 0.15) is 106 Å². The van der Waals surface area contributed by atoms with Gasteiger partial charge in [-0.2, -0.15) is 5.10 Å². The first-order valence-electron chi connectivity index (χ1n) is 16.6. The van der Waals surface area contributed by atoms with E-state index in [1.807, 2.05) is 84.1 Å². The number of hydrogen-bond acceptors (Lipinski definition) is 2. The minimum atomic E-state index is -0.000777. The van der Waals surface area contributed by atoms with Gasteiger partial charge in [0, 0.05) is 29.2 Å². The lowest BCUT2D eigenvalue weighted by molar-refractivity contribution is 0.701. The second kappa shape index (κ2) is 26.5. The van der Waals surface area contributed by atoms with Gasteiger partial charge in [-0.15, -0.1) is 6.58 Å². The molecule has 248 valence electrons. The van der Waals surface area contributed by atoms with Gasteiger partial charge in [-0.3, -0.25) is 9.89 Å². The van der Waals surface area contributed by atoms with E-state index < -0.39 is 0 Å². The maximum atomic E-state index is 12.7. The molecule has 4 aromatic rings. The first-order chi connectivity index (χ1) is 21.5. The van der Waals surface area contributed by atoms with Crippen molar-refractivity contribution in [2.75, 3.05) is 0 Å². The van der Waals surface area contributed by atoms with Crippen LogP contribution in [0.4, 0.5) is 0 Å². The SMILES string of the molecule is C=C(C)C.C=c1/c(=C\C)cc(-c2ccc(-c3cn[nH]c3)cc2)c(=O)n1CC.CC.CCCC.CCCC.Cc1ccc(C)cc1. The zero-order valence-electron chi connectivity index (χ0n) is 30.7. The van der Waals surface area contributed by atoms with Crippen molar-refractivity contribution >= 4 is 12.7 Å². The molecule has 0 bridgehead atoms. The summed E-state index contributed by atoms with van der Waals surface area (Å²) < 4.78 is 1.72. The van der Waals surface area contributed by atoms with Gasteiger partial charge >= 0.3 is 0 Å². The summed E-state index contributed by atoms with van der Waals surface area (Å²) in [4.78, 5) is 12.7. The maximum absolute atomic E-state index is 12.7. The number of nitrogens with zero attached hydrogens (tertiary/aromatic N) is 2. The number of pyridine rings is 1. The van der Waals surface area contributed by atoms with Crippen molar-refractivity contribution in [1.82, 2.24) is 14.8 Å². The first kappa shape index (κ1) is 43.2. The van der Waals surface area contributed by atoms with Crippen LogP contribution in [0.2, 0.25) is 0 Å². The second-order valence-electron chi connectivity index (χ2n) is 10.7. The van der Waals surface area contributed by atoms with Gasteiger partial charge in [0.05, 0.1) is 6.20 Å². The lowest BCUT2D eigenvalue weighted by Crippen LogP contribution is -2.42. The number of rotatable bonds is 5. The number of aromatic nitrogens is 3. The summed E-state index contributed by atoms with van der Waals surface area (Å²) in [6, 6.07) is 18.4. The van der Waals surface area contributed by atoms with Crippen molar-refractivity contribution in [2.24, 2.45) is 0 Å². The van der Waals surface area contributed by atoms with E-state index in [0.717, 1.165) is 27.3 Å². The molecule has 1 N–H and O–H groups in total. The number of allylic oxidation sites excluding steroid dienone is 1. The maximum Gasteiger partial charge on any atom is 0.258 e. The molecular formula is C41H63N3O. The largest absolute Gasteiger partial charge is 0.309 e. The molecule has 0 aliphatic carbocycles. The van der Waals surface area contributed by atoms with E-state index in [1.54, 1.807) is 10.8 Å². The van der Waals surface area contributed by atoms with E-state index >= 15 is 0 Å². The monoisotopic (exact) mass is 613 g/mol. The van der Waals surface area contributed by atoms with Gasteiger partial charge in [-0.05, 0) is 64.0 Å². The molecule has 4 rings (SSSR count). The molecule has 0 atom stereocenters. The highest BCUT2D eigenvalue weighted by Crippen LogP contribution is 2.21. The molecule has 0 amide bonds. The molecule has 0 unspecified atom stereocenters. The minimum absolute atomic E-state index is 0.000777. The molecule has 4 heteroatoms. The molecular weight excluding hydrogens is 550 g/mol. The highest BCUT2D eigenvalue weighted by atomic mass is 16.1. The predicted octanol–water partition coefficient (Wildman–Crippen LogP) is 10.7. The minimum Gasteiger partial charge on any atom is -0.309 e. The number of hydrogen-bond donors (Lipinski definition) is 1. The molecule has 0 radical (unpaired) electrons. The fourth-order valence-corrected chi connectivity index (χ4v) is 3.40. The van der Waals surface area contributed by atoms with Gasteiger partial charge in [0.1, 0.15) is 0 Å². The third-order valence-corrected chi connectivity index (χ3v) is 6.31. The van der Waals surface area contributed by atoms with Crippen LogP contribution < -0.4 is 16.1 Å². The Hall–Kier alpha value is -3.92. The fraction of sp³-hybridized carbons (Fsp3) is 0.415. The predicted molar refractivity (Wildman–Crippen MR) is 203 cm³/mol. The average molecular weight is 614 g/mol. The summed E-state index contributed by atoms with van der Waals surface area (Å²) >= 11 is 0. The van der Waals surface area contributed by atoms with Gasteiger partial charge in [0.25, 0.3) is 5.56 Å². The van der Waals surface area contributed by atoms with Crippen molar-refractivity contribution in [3.05, 3.63) is 111 Å². The number of aromatic amines is 1. The Morgan fingerprint density at radius 2 is 1.22 bits per heavy atom. The fourth-order valence-electron chi connectivity index (χ4n) is 3.40. The van der Waals surface area contributed by atoms with Gasteiger partial charge in [-0.25, -0.2) is 0 Å². The van der Waals surface area contributed by atoms with Gasteiger partial charge < -0.3 is 4.57 Å². The van der Waals surface area contributed by atoms with E-state index in [0.29, 0.717) is 12.1 Å². The summed E-state index contributed by atoms with van der Waals surface area (Å²) in [5.41, 5.74) is 7.52. The van der Waals surface area contributed by atoms with Gasteiger partial charge in [0.2, 0.25) is 0 Å². The summed E-state index contributed by atoms with van der Waals surface area (Å²) in [7, 11) is 0. The Bertz CT molecular complexity index is 1430. The summed E-state index contributed by atoms with van der Waals surface area (Å²) in [5.74, 6) is 0. The molecule has 2 aromatic carbocycles. The zero-order chi connectivity index (χ0) is 34.8. The van der Waals surface area contributed by atoms with E-state index in [4.69, 9.17) is 0 Å². The van der Waals surface area contributed by atoms with Crippen LogP contribution in [0.5, 0.6) is 0 Å². The highest BCUT2D eigenvalue weighted by molar-refractivity contribution is 5.69. The van der Waals surface area contributed by atoms with Crippen molar-refractivity contribution in [3.8, 4) is 22.3 Å². The van der Waals surface area contributed by atoms with Gasteiger partial charge in [-0.1, -0.05) is 145 Å². The molecule has 45 heavy (non-hydrogen) atoms. The number of benzene rings is 2. The summed E-state index contributed by atoms with van der Waals surface area (Å²) in [5, 5.41) is 8.51. The molecule has 0 aliphatic heterocycles. The highest BCUT2D eigenvalue weighted by Gasteiger charge is 2.08. The Labute approximate surface area is 275 Å². The molecule has 2 heterocycles. The van der Waals surface area contributed by atoms with Crippen LogP contribution in [0.15, 0.2) is 83.9 Å². The molecule has 0 spiro atoms. The van der Waals surface area contributed by atoms with Crippen LogP contribution in [0, 0.1) is 13.8 Å². The third kappa shape index (κ3) is 17.8. The van der Waals surface area contributed by atoms with Crippen LogP contribution in [-0.2, 0) is 6.54 Å². The molecule has 0 fully saturated rings. The van der Waals surface area contributed by atoms with Crippen molar-refractivity contribution in [3.63, 3.8) is 0 Å². The number of unbranched alkanes of at least 4 members (excludes halogenated alkanes) is 2. The Kier molecular flexibility index (Phi) is 25.4. The van der Waals surface area contributed by atoms with Crippen LogP contribution in [0.25, 0.3) is 34.9 Å². The van der Waals surface area contributed by atoms with E-state index in [-0.39, 0.29) is 5.56 Å². The first-order valence-corrected chi connectivity index (χ1v) is 16.6. The van der Waals surface area contributed by atoms with Crippen molar-refractivity contribution in [1.29, 1.82) is 0 Å². The number of nitrogens with one attached hydrogen (secondary N) is 1. The topological polar surface area (TPSA) is 50.7 Å². The summed E-state index contributed by atoms with van der Waals surface area (Å²) in [6.45, 7) is 33.0. The van der Waals surface area contributed by atoms with E-state index in [9.17, 15) is 4.79 Å². The lowest BCUT2D eigenvalue weighted by atomic mass is 10.0. The molecule has 4 nitrogen and oxygen atoms in total. The molecule has 2 aromatic heterocycles. The lowest BCUT2D eigenvalue weighted by Gasteiger charge is -2.09.